The Balaban J connectivity index is 2.65. The van der Waals surface area contributed by atoms with E-state index in [0.717, 1.165) is 25.1 Å². The fourth-order valence-electron chi connectivity index (χ4n) is 2.37. The van der Waals surface area contributed by atoms with Crippen LogP contribution < -0.4 is 0 Å². The molecule has 0 spiro atoms. The summed E-state index contributed by atoms with van der Waals surface area (Å²) in [4.78, 5) is 0. The van der Waals surface area contributed by atoms with Gasteiger partial charge in [0.15, 0.2) is 0 Å². The maximum absolute atomic E-state index is 12.4. The van der Waals surface area contributed by atoms with Crippen molar-refractivity contribution in [3.05, 3.63) is 0 Å². The van der Waals surface area contributed by atoms with E-state index in [1.807, 2.05) is 25.8 Å². The van der Waals surface area contributed by atoms with Gasteiger partial charge in [0.05, 0.1) is 32.0 Å². The smallest absolute Gasteiger partial charge is 0.336 e. The Kier molecular flexibility index (Phi) is 7.74. The average molecular weight is 306 g/mol. The lowest BCUT2D eigenvalue weighted by molar-refractivity contribution is 0.118. The van der Waals surface area contributed by atoms with Crippen molar-refractivity contribution >= 4 is 13.3 Å². The van der Waals surface area contributed by atoms with E-state index >= 15 is 0 Å². The van der Waals surface area contributed by atoms with E-state index in [2.05, 4.69) is 5.10 Å². The van der Waals surface area contributed by atoms with Crippen molar-refractivity contribution in [3.8, 4) is 0 Å². The monoisotopic (exact) mass is 306 g/mol. The van der Waals surface area contributed by atoms with Crippen LogP contribution in [0.25, 0.3) is 0 Å². The predicted molar refractivity (Wildman–Crippen MR) is 80.4 cm³/mol. The second kappa shape index (κ2) is 8.78. The standard InChI is InChI=1S/C13H27N2O4P/c1-5-18-20(16,19-6-2)11-12(3)14-15-9-7-8-13(15)10-17-4/h13H,5-11H2,1-4H3/b14-12+/t13-/m0/s1. The van der Waals surface area contributed by atoms with E-state index in [4.69, 9.17) is 13.8 Å². The van der Waals surface area contributed by atoms with Gasteiger partial charge in [-0.25, -0.2) is 0 Å². The fraction of sp³-hybridized carbons (Fsp3) is 0.923. The molecule has 0 N–H and O–H groups in total. The first-order valence-corrected chi connectivity index (χ1v) is 8.95. The molecule has 0 unspecified atom stereocenters. The lowest BCUT2D eigenvalue weighted by Crippen LogP contribution is -2.29. The highest BCUT2D eigenvalue weighted by molar-refractivity contribution is 7.54. The highest BCUT2D eigenvalue weighted by atomic mass is 31.2. The molecule has 1 heterocycles. The summed E-state index contributed by atoms with van der Waals surface area (Å²) in [5, 5.41) is 6.59. The summed E-state index contributed by atoms with van der Waals surface area (Å²) in [5.41, 5.74) is 0.776. The fourth-order valence-corrected chi connectivity index (χ4v) is 4.03. The van der Waals surface area contributed by atoms with E-state index in [-0.39, 0.29) is 6.16 Å². The van der Waals surface area contributed by atoms with Crippen LogP contribution in [0.2, 0.25) is 0 Å². The van der Waals surface area contributed by atoms with Gasteiger partial charge in [-0.1, -0.05) is 0 Å². The second-order valence-corrected chi connectivity index (χ2v) is 6.91. The van der Waals surface area contributed by atoms with Gasteiger partial charge in [-0.2, -0.15) is 5.10 Å². The molecular formula is C13H27N2O4P. The predicted octanol–water partition coefficient (Wildman–Crippen LogP) is 2.74. The van der Waals surface area contributed by atoms with Crippen LogP contribution in [0.15, 0.2) is 5.10 Å². The Labute approximate surface area is 122 Å². The maximum atomic E-state index is 12.4. The number of hydrazone groups is 1. The zero-order chi connectivity index (χ0) is 15.0. The molecule has 6 nitrogen and oxygen atoms in total. The summed E-state index contributed by atoms with van der Waals surface area (Å²) >= 11 is 0. The molecule has 0 aromatic heterocycles. The van der Waals surface area contributed by atoms with Gasteiger partial charge < -0.3 is 13.8 Å². The SMILES string of the molecule is CCOP(=O)(C/C(C)=N/N1CCC[C@H]1COC)OCC. The molecule has 1 aliphatic rings. The van der Waals surface area contributed by atoms with Gasteiger partial charge in [0, 0.05) is 19.4 Å². The molecule has 7 heteroatoms. The molecule has 1 saturated heterocycles. The van der Waals surface area contributed by atoms with Crippen molar-refractivity contribution in [1.82, 2.24) is 5.01 Å². The largest absolute Gasteiger partial charge is 0.382 e. The molecule has 0 bridgehead atoms. The molecule has 0 aromatic rings. The number of rotatable bonds is 9. The number of hydrogen-bond acceptors (Lipinski definition) is 6. The van der Waals surface area contributed by atoms with Crippen LogP contribution in [-0.2, 0) is 18.3 Å². The van der Waals surface area contributed by atoms with Crippen LogP contribution in [0.1, 0.15) is 33.6 Å². The van der Waals surface area contributed by atoms with E-state index < -0.39 is 7.60 Å². The first-order chi connectivity index (χ1) is 9.54. The quantitative estimate of drug-likeness (QED) is 0.484. The molecule has 20 heavy (non-hydrogen) atoms. The molecule has 118 valence electrons. The number of methoxy groups -OCH3 is 1. The molecule has 0 saturated carbocycles. The highest BCUT2D eigenvalue weighted by Crippen LogP contribution is 2.47. The third-order valence-electron chi connectivity index (χ3n) is 3.08. The van der Waals surface area contributed by atoms with Crippen LogP contribution in [0, 0.1) is 0 Å². The molecule has 1 fully saturated rings. The molecule has 1 aliphatic heterocycles. The topological polar surface area (TPSA) is 60.4 Å². The zero-order valence-electron chi connectivity index (χ0n) is 13.0. The Morgan fingerprint density at radius 2 is 2.00 bits per heavy atom. The number of hydrogen-bond donors (Lipinski definition) is 0. The minimum absolute atomic E-state index is 0.241. The minimum atomic E-state index is -3.06. The second-order valence-electron chi connectivity index (χ2n) is 4.85. The summed E-state index contributed by atoms with van der Waals surface area (Å²) in [5.74, 6) is 0. The van der Waals surface area contributed by atoms with Gasteiger partial charge in [0.25, 0.3) is 0 Å². The first-order valence-electron chi connectivity index (χ1n) is 7.22. The van der Waals surface area contributed by atoms with Gasteiger partial charge >= 0.3 is 7.60 Å². The van der Waals surface area contributed by atoms with Crippen LogP contribution in [-0.4, -0.2) is 56.4 Å². The lowest BCUT2D eigenvalue weighted by Gasteiger charge is -2.23. The van der Waals surface area contributed by atoms with Crippen LogP contribution in [0.5, 0.6) is 0 Å². The highest BCUT2D eigenvalue weighted by Gasteiger charge is 2.27. The summed E-state index contributed by atoms with van der Waals surface area (Å²) in [7, 11) is -1.36. The van der Waals surface area contributed by atoms with Crippen molar-refractivity contribution in [2.24, 2.45) is 5.10 Å². The van der Waals surface area contributed by atoms with E-state index in [9.17, 15) is 4.57 Å². The lowest BCUT2D eigenvalue weighted by atomic mass is 10.2. The molecule has 1 atom stereocenters. The maximum Gasteiger partial charge on any atom is 0.336 e. The van der Waals surface area contributed by atoms with Gasteiger partial charge in [0.1, 0.15) is 0 Å². The normalized spacial score (nSPS) is 20.7. The third kappa shape index (κ3) is 5.52. The molecule has 0 amide bonds. The van der Waals surface area contributed by atoms with Crippen LogP contribution >= 0.6 is 7.60 Å². The number of nitrogens with zero attached hydrogens (tertiary/aromatic N) is 2. The number of ether oxygens (including phenoxy) is 1. The minimum Gasteiger partial charge on any atom is -0.382 e. The summed E-state index contributed by atoms with van der Waals surface area (Å²) in [6.45, 7) is 7.83. The molecular weight excluding hydrogens is 279 g/mol. The van der Waals surface area contributed by atoms with Gasteiger partial charge in [0.2, 0.25) is 0 Å². The van der Waals surface area contributed by atoms with Crippen LogP contribution in [0.4, 0.5) is 0 Å². The third-order valence-corrected chi connectivity index (χ3v) is 5.23. The molecule has 0 aromatic carbocycles. The van der Waals surface area contributed by atoms with Crippen molar-refractivity contribution < 1.29 is 18.3 Å². The zero-order valence-corrected chi connectivity index (χ0v) is 13.9. The summed E-state index contributed by atoms with van der Waals surface area (Å²) < 4.78 is 28.2. The summed E-state index contributed by atoms with van der Waals surface area (Å²) in [6.07, 6.45) is 2.43. The molecule has 0 radical (unpaired) electrons. The Bertz CT molecular complexity index is 352. The van der Waals surface area contributed by atoms with Crippen molar-refractivity contribution in [3.63, 3.8) is 0 Å². The first kappa shape index (κ1) is 17.6. The van der Waals surface area contributed by atoms with Crippen LogP contribution in [0.3, 0.4) is 0 Å². The summed E-state index contributed by atoms with van der Waals surface area (Å²) in [6, 6.07) is 0.313. The Hall–Kier alpha value is -0.420. The van der Waals surface area contributed by atoms with Crippen molar-refractivity contribution in [2.75, 3.05) is 39.6 Å². The van der Waals surface area contributed by atoms with Crippen molar-refractivity contribution in [2.45, 2.75) is 39.7 Å². The van der Waals surface area contributed by atoms with Gasteiger partial charge in [-0.3, -0.25) is 9.57 Å². The van der Waals surface area contributed by atoms with E-state index in [1.54, 1.807) is 7.11 Å². The van der Waals surface area contributed by atoms with E-state index in [0.29, 0.717) is 25.9 Å². The van der Waals surface area contributed by atoms with Gasteiger partial charge in [-0.05, 0) is 33.6 Å². The van der Waals surface area contributed by atoms with Crippen molar-refractivity contribution in [1.29, 1.82) is 0 Å². The molecule has 1 rings (SSSR count). The Morgan fingerprint density at radius 1 is 1.35 bits per heavy atom. The Morgan fingerprint density at radius 3 is 2.55 bits per heavy atom. The van der Waals surface area contributed by atoms with E-state index in [1.165, 1.54) is 0 Å². The molecule has 0 aliphatic carbocycles. The average Bonchev–Trinajstić information content (AvgIpc) is 2.77. The van der Waals surface area contributed by atoms with Gasteiger partial charge in [-0.15, -0.1) is 0 Å².